The van der Waals surface area contributed by atoms with Crippen molar-refractivity contribution in [3.05, 3.63) is 71.8 Å². The lowest BCUT2D eigenvalue weighted by Gasteiger charge is -2.15. The van der Waals surface area contributed by atoms with Crippen LogP contribution in [0.2, 0.25) is 0 Å². The maximum atomic E-state index is 2.24. The Morgan fingerprint density at radius 1 is 0.571 bits per heavy atom. The molecule has 0 aliphatic carbocycles. The molecule has 0 saturated carbocycles. The van der Waals surface area contributed by atoms with Crippen LogP contribution < -0.4 is 0 Å². The Hall–Kier alpha value is -1.56. The van der Waals surface area contributed by atoms with Gasteiger partial charge in [-0.15, -0.1) is 0 Å². The molecule has 0 aliphatic rings. The van der Waals surface area contributed by atoms with Gasteiger partial charge in [-0.2, -0.15) is 0 Å². The predicted molar refractivity (Wildman–Crippen MR) is 99.1 cm³/mol. The van der Waals surface area contributed by atoms with Gasteiger partial charge in [0.05, 0.1) is 0 Å². The lowest BCUT2D eigenvalue weighted by molar-refractivity contribution is 0.777. The first kappa shape index (κ1) is 21.7. The molecule has 0 amide bonds. The third kappa shape index (κ3) is 8.34. The maximum Gasteiger partial charge on any atom is 0.00867 e. The van der Waals surface area contributed by atoms with Crippen LogP contribution >= 0.6 is 0 Å². The molecule has 21 heavy (non-hydrogen) atoms. The lowest BCUT2D eigenvalue weighted by Crippen LogP contribution is -1.98. The van der Waals surface area contributed by atoms with Crippen molar-refractivity contribution in [3.63, 3.8) is 0 Å². The normalized spacial score (nSPS) is 8.38. The second-order valence-corrected chi connectivity index (χ2v) is 3.78. The van der Waals surface area contributed by atoms with E-state index >= 15 is 0 Å². The highest BCUT2D eigenvalue weighted by atomic mass is 14.1. The van der Waals surface area contributed by atoms with E-state index in [1.807, 2.05) is 41.5 Å². The van der Waals surface area contributed by atoms with Crippen LogP contribution in [0.5, 0.6) is 0 Å². The summed E-state index contributed by atoms with van der Waals surface area (Å²) in [5.41, 5.74) is 2.82. The summed E-state index contributed by atoms with van der Waals surface area (Å²) in [6.45, 7) is 14.2. The van der Waals surface area contributed by atoms with Crippen LogP contribution in [-0.2, 0) is 0 Å². The van der Waals surface area contributed by atoms with Crippen molar-refractivity contribution >= 4 is 0 Å². The van der Waals surface area contributed by atoms with Gasteiger partial charge >= 0.3 is 0 Å². The minimum absolute atomic E-state index is 0.535. The third-order valence-corrected chi connectivity index (χ3v) is 2.81. The first-order valence-electron chi connectivity index (χ1n) is 8.51. The Morgan fingerprint density at radius 3 is 1.10 bits per heavy atom. The van der Waals surface area contributed by atoms with E-state index in [9.17, 15) is 0 Å². The van der Waals surface area contributed by atoms with Crippen molar-refractivity contribution in [2.24, 2.45) is 0 Å². The van der Waals surface area contributed by atoms with Crippen LogP contribution in [0.3, 0.4) is 0 Å². The zero-order valence-electron chi connectivity index (χ0n) is 15.1. The molecule has 0 bridgehead atoms. The molecule has 0 fully saturated rings. The Morgan fingerprint density at radius 2 is 0.857 bits per heavy atom. The van der Waals surface area contributed by atoms with Crippen molar-refractivity contribution < 1.29 is 0 Å². The quantitative estimate of drug-likeness (QED) is 0.555. The molecule has 2 rings (SSSR count). The molecule has 0 aliphatic heterocycles. The van der Waals surface area contributed by atoms with E-state index in [-0.39, 0.29) is 0 Å². The first-order valence-corrected chi connectivity index (χ1v) is 8.51. The van der Waals surface area contributed by atoms with E-state index in [1.54, 1.807) is 0 Å². The fourth-order valence-corrected chi connectivity index (χ4v) is 2.03. The van der Waals surface area contributed by atoms with Crippen LogP contribution in [0, 0.1) is 0 Å². The van der Waals surface area contributed by atoms with Gasteiger partial charge in [-0.1, -0.05) is 109 Å². The average molecular weight is 287 g/mol. The highest BCUT2D eigenvalue weighted by Gasteiger charge is 2.10. The highest BCUT2D eigenvalue weighted by molar-refractivity contribution is 5.31. The Kier molecular flexibility index (Phi) is 17.1. The van der Waals surface area contributed by atoms with E-state index in [0.29, 0.717) is 5.92 Å². The zero-order chi connectivity index (χ0) is 16.5. The molecule has 0 N–H and O–H groups in total. The maximum absolute atomic E-state index is 2.24. The van der Waals surface area contributed by atoms with Crippen molar-refractivity contribution in [3.8, 4) is 0 Å². The Balaban J connectivity index is 0. The lowest BCUT2D eigenvalue weighted by atomic mass is 9.89. The van der Waals surface area contributed by atoms with Crippen LogP contribution in [0.4, 0.5) is 0 Å². The molecule has 2 aromatic rings. The predicted octanol–water partition coefficient (Wildman–Crippen LogP) is 7.31. The van der Waals surface area contributed by atoms with Gasteiger partial charge in [-0.05, 0) is 17.5 Å². The van der Waals surface area contributed by atoms with E-state index in [1.165, 1.54) is 11.1 Å². The molecule has 0 unspecified atom stereocenters. The molecule has 0 atom stereocenters. The molecule has 0 radical (unpaired) electrons. The summed E-state index contributed by atoms with van der Waals surface area (Å²) in [5.74, 6) is 0.535. The zero-order valence-corrected chi connectivity index (χ0v) is 15.1. The topological polar surface area (TPSA) is 0 Å². The summed E-state index contributed by atoms with van der Waals surface area (Å²) < 4.78 is 0. The van der Waals surface area contributed by atoms with E-state index in [4.69, 9.17) is 0 Å². The first-order chi connectivity index (χ1) is 10.4. The smallest absolute Gasteiger partial charge is 0.00867 e. The van der Waals surface area contributed by atoms with E-state index in [2.05, 4.69) is 67.6 Å². The van der Waals surface area contributed by atoms with Gasteiger partial charge in [0.1, 0.15) is 0 Å². The summed E-state index contributed by atoms with van der Waals surface area (Å²) in [6, 6.07) is 21.4. The Labute approximate surface area is 133 Å². The fourth-order valence-electron chi connectivity index (χ4n) is 2.03. The standard InChI is InChI=1S/C15H16.3C2H6/c1-2-15(13-9-5-3-6-10-13)14-11-7-4-8-12-14;3*1-2/h3-12,15H,2H2,1H3;3*1-2H3. The third-order valence-electron chi connectivity index (χ3n) is 2.81. The minimum atomic E-state index is 0.535. The number of benzene rings is 2. The van der Waals surface area contributed by atoms with Gasteiger partial charge in [-0.25, -0.2) is 0 Å². The van der Waals surface area contributed by atoms with Gasteiger partial charge in [0.25, 0.3) is 0 Å². The monoisotopic (exact) mass is 286 g/mol. The molecule has 0 saturated heterocycles. The molecule has 0 spiro atoms. The molecular weight excluding hydrogens is 252 g/mol. The molecular formula is C21H34. The summed E-state index contributed by atoms with van der Waals surface area (Å²) in [7, 11) is 0. The summed E-state index contributed by atoms with van der Waals surface area (Å²) in [6.07, 6.45) is 1.15. The molecule has 0 aromatic heterocycles. The van der Waals surface area contributed by atoms with Crippen molar-refractivity contribution in [2.75, 3.05) is 0 Å². The molecule has 118 valence electrons. The molecule has 0 heteroatoms. The molecule has 2 aromatic carbocycles. The number of rotatable bonds is 3. The highest BCUT2D eigenvalue weighted by Crippen LogP contribution is 2.26. The van der Waals surface area contributed by atoms with Gasteiger partial charge in [0, 0.05) is 5.92 Å². The van der Waals surface area contributed by atoms with Crippen LogP contribution in [-0.4, -0.2) is 0 Å². The summed E-state index contributed by atoms with van der Waals surface area (Å²) >= 11 is 0. The second-order valence-electron chi connectivity index (χ2n) is 3.78. The van der Waals surface area contributed by atoms with Gasteiger partial charge in [-0.3, -0.25) is 0 Å². The second kappa shape index (κ2) is 16.5. The van der Waals surface area contributed by atoms with Crippen LogP contribution in [0.15, 0.2) is 60.7 Å². The Bertz CT molecular complexity index is 349. The molecule has 0 heterocycles. The van der Waals surface area contributed by atoms with E-state index in [0.717, 1.165) is 6.42 Å². The van der Waals surface area contributed by atoms with Crippen molar-refractivity contribution in [1.82, 2.24) is 0 Å². The number of hydrogen-bond donors (Lipinski definition) is 0. The number of hydrogen-bond acceptors (Lipinski definition) is 0. The van der Waals surface area contributed by atoms with Gasteiger partial charge in [0.15, 0.2) is 0 Å². The average Bonchev–Trinajstić information content (AvgIpc) is 2.63. The van der Waals surface area contributed by atoms with Crippen LogP contribution in [0.25, 0.3) is 0 Å². The SMILES string of the molecule is CC.CC.CC.CCC(c1ccccc1)c1ccccc1. The summed E-state index contributed by atoms with van der Waals surface area (Å²) in [4.78, 5) is 0. The largest absolute Gasteiger partial charge is 0.0683 e. The van der Waals surface area contributed by atoms with Crippen molar-refractivity contribution in [2.45, 2.75) is 60.8 Å². The summed E-state index contributed by atoms with van der Waals surface area (Å²) in [5, 5.41) is 0. The van der Waals surface area contributed by atoms with Gasteiger partial charge in [0.2, 0.25) is 0 Å². The fraction of sp³-hybridized carbons (Fsp3) is 0.429. The van der Waals surface area contributed by atoms with Gasteiger partial charge < -0.3 is 0 Å². The van der Waals surface area contributed by atoms with Crippen molar-refractivity contribution in [1.29, 1.82) is 0 Å². The van der Waals surface area contributed by atoms with Crippen LogP contribution in [0.1, 0.15) is 71.9 Å². The molecule has 0 nitrogen and oxygen atoms in total. The van der Waals surface area contributed by atoms with E-state index < -0.39 is 0 Å². The minimum Gasteiger partial charge on any atom is -0.0683 e.